The van der Waals surface area contributed by atoms with Crippen molar-refractivity contribution in [2.24, 2.45) is 50.2 Å². The summed E-state index contributed by atoms with van der Waals surface area (Å²) in [7, 11) is 0. The molecule has 0 heterocycles. The highest BCUT2D eigenvalue weighted by atomic mass is 16.5. The van der Waals surface area contributed by atoms with Gasteiger partial charge >= 0.3 is 5.97 Å². The van der Waals surface area contributed by atoms with E-state index in [0.29, 0.717) is 23.8 Å². The summed E-state index contributed by atoms with van der Waals surface area (Å²) in [4.78, 5) is 13.1. The van der Waals surface area contributed by atoms with Crippen molar-refractivity contribution in [3.8, 4) is 0 Å². The van der Waals surface area contributed by atoms with E-state index >= 15 is 0 Å². The maximum absolute atomic E-state index is 13.1. The first-order valence-corrected chi connectivity index (χ1v) is 16.1. The zero-order valence-electron chi connectivity index (χ0n) is 27.0. The fourth-order valence-corrected chi connectivity index (χ4v) is 11.4. The largest absolute Gasteiger partial charge is 0.458 e. The van der Waals surface area contributed by atoms with Crippen molar-refractivity contribution < 1.29 is 30.0 Å². The third-order valence-electron chi connectivity index (χ3n) is 14.2. The summed E-state index contributed by atoms with van der Waals surface area (Å²) in [5.74, 6) is 0.0104. The molecule has 0 saturated heterocycles. The van der Waals surface area contributed by atoms with Crippen molar-refractivity contribution in [2.45, 2.75) is 132 Å². The summed E-state index contributed by atoms with van der Waals surface area (Å²) in [6.45, 7) is 18.9. The van der Waals surface area contributed by atoms with Gasteiger partial charge in [0.1, 0.15) is 6.10 Å². The van der Waals surface area contributed by atoms with Gasteiger partial charge in [0.2, 0.25) is 0 Å². The average Bonchev–Trinajstić information content (AvgIpc) is 2.89. The normalized spacial score (nSPS) is 50.4. The van der Waals surface area contributed by atoms with Gasteiger partial charge in [-0.1, -0.05) is 66.2 Å². The topological polar surface area (TPSA) is 107 Å². The van der Waals surface area contributed by atoms with E-state index in [0.717, 1.165) is 44.1 Å². The van der Waals surface area contributed by atoms with Crippen LogP contribution in [-0.4, -0.2) is 57.4 Å². The van der Waals surface area contributed by atoms with Crippen LogP contribution in [-0.2, 0) is 9.53 Å². The molecule has 0 amide bonds. The molecule has 5 rings (SSSR count). The molecular formula is C35H56O6. The second-order valence-electron chi connectivity index (χ2n) is 16.7. The highest BCUT2D eigenvalue weighted by Gasteiger charge is 2.74. The second kappa shape index (κ2) is 9.64. The van der Waals surface area contributed by atoms with Crippen LogP contribution < -0.4 is 0 Å². The molecule has 0 unspecified atom stereocenters. The molecule has 0 aromatic heterocycles. The van der Waals surface area contributed by atoms with Crippen molar-refractivity contribution in [1.29, 1.82) is 0 Å². The molecule has 6 heteroatoms. The molecule has 0 aromatic rings. The smallest absolute Gasteiger partial charge is 0.333 e. The van der Waals surface area contributed by atoms with Crippen LogP contribution in [0.2, 0.25) is 0 Å². The van der Waals surface area contributed by atoms with Gasteiger partial charge in [-0.05, 0) is 98.2 Å². The van der Waals surface area contributed by atoms with E-state index < -0.39 is 35.1 Å². The van der Waals surface area contributed by atoms with E-state index in [-0.39, 0.29) is 40.3 Å². The number of ether oxygens (including phenoxy) is 1. The Morgan fingerprint density at radius 1 is 0.976 bits per heavy atom. The molecule has 4 N–H and O–H groups in total. The summed E-state index contributed by atoms with van der Waals surface area (Å²) in [6.07, 6.45) is 6.44. The highest BCUT2D eigenvalue weighted by molar-refractivity contribution is 5.87. The minimum absolute atomic E-state index is 0.00483. The number of hydrogen-bond acceptors (Lipinski definition) is 6. The zero-order chi connectivity index (χ0) is 30.6. The van der Waals surface area contributed by atoms with E-state index in [9.17, 15) is 25.2 Å². The van der Waals surface area contributed by atoms with Crippen LogP contribution in [0.4, 0.5) is 0 Å². The molecule has 0 aromatic carbocycles. The molecule has 0 bridgehead atoms. The van der Waals surface area contributed by atoms with Crippen LogP contribution >= 0.6 is 0 Å². The van der Waals surface area contributed by atoms with Crippen LogP contribution in [0.3, 0.4) is 0 Å². The van der Waals surface area contributed by atoms with Crippen molar-refractivity contribution in [1.82, 2.24) is 0 Å². The molecule has 5 aliphatic carbocycles. The number of carbonyl (C=O) groups is 1. The average molecular weight is 573 g/mol. The molecule has 4 fully saturated rings. The van der Waals surface area contributed by atoms with Gasteiger partial charge < -0.3 is 25.2 Å². The van der Waals surface area contributed by atoms with Crippen LogP contribution in [0.1, 0.15) is 107 Å². The van der Waals surface area contributed by atoms with Gasteiger partial charge in [0.15, 0.2) is 0 Å². The quantitative estimate of drug-likeness (QED) is 0.200. The van der Waals surface area contributed by atoms with Gasteiger partial charge in [0, 0.05) is 11.0 Å². The number of aliphatic hydroxyl groups is 4. The third kappa shape index (κ3) is 3.92. The van der Waals surface area contributed by atoms with Crippen molar-refractivity contribution in [2.75, 3.05) is 6.61 Å². The lowest BCUT2D eigenvalue weighted by molar-refractivity contribution is -0.274. The molecule has 0 aliphatic heterocycles. The first-order chi connectivity index (χ1) is 18.9. The Bertz CT molecular complexity index is 1140. The summed E-state index contributed by atoms with van der Waals surface area (Å²) in [5, 5.41) is 46.7. The molecule has 5 aliphatic rings. The Balaban J connectivity index is 1.64. The number of allylic oxidation sites excluding steroid dienone is 2. The summed E-state index contributed by atoms with van der Waals surface area (Å²) in [5.41, 5.74) is -0.885. The lowest BCUT2D eigenvalue weighted by Gasteiger charge is -2.73. The maximum Gasteiger partial charge on any atom is 0.333 e. The maximum atomic E-state index is 13.1. The molecule has 0 radical (unpaired) electrons. The monoisotopic (exact) mass is 572 g/mol. The number of rotatable bonds is 3. The Morgan fingerprint density at radius 3 is 2.24 bits per heavy atom. The fourth-order valence-electron chi connectivity index (χ4n) is 11.4. The van der Waals surface area contributed by atoms with E-state index in [1.165, 1.54) is 0 Å². The minimum atomic E-state index is -1.25. The lowest BCUT2D eigenvalue weighted by atomic mass is 9.32. The van der Waals surface area contributed by atoms with Crippen molar-refractivity contribution >= 4 is 5.97 Å². The minimum Gasteiger partial charge on any atom is -0.458 e. The predicted molar refractivity (Wildman–Crippen MR) is 160 cm³/mol. The van der Waals surface area contributed by atoms with Gasteiger partial charge in [-0.15, -0.1) is 0 Å². The Morgan fingerprint density at radius 2 is 1.63 bits per heavy atom. The second-order valence-corrected chi connectivity index (χ2v) is 16.7. The lowest BCUT2D eigenvalue weighted by Crippen LogP contribution is -2.74. The molecule has 4 saturated carbocycles. The molecule has 232 valence electrons. The molecule has 6 nitrogen and oxygen atoms in total. The molecule has 41 heavy (non-hydrogen) atoms. The molecule has 11 atom stereocenters. The van der Waals surface area contributed by atoms with E-state index in [2.05, 4.69) is 54.5 Å². The number of carbonyl (C=O) groups excluding carboxylic acids is 1. The van der Waals surface area contributed by atoms with E-state index in [1.54, 1.807) is 19.9 Å². The summed E-state index contributed by atoms with van der Waals surface area (Å²) in [6, 6.07) is 0. The van der Waals surface area contributed by atoms with Gasteiger partial charge in [-0.2, -0.15) is 0 Å². The van der Waals surface area contributed by atoms with Crippen molar-refractivity contribution in [3.63, 3.8) is 0 Å². The van der Waals surface area contributed by atoms with Crippen LogP contribution in [0.25, 0.3) is 0 Å². The Kier molecular flexibility index (Phi) is 7.34. The van der Waals surface area contributed by atoms with Crippen molar-refractivity contribution in [3.05, 3.63) is 23.3 Å². The highest BCUT2D eigenvalue weighted by Crippen LogP contribution is 2.75. The van der Waals surface area contributed by atoms with Gasteiger partial charge in [-0.25, -0.2) is 4.79 Å². The summed E-state index contributed by atoms with van der Waals surface area (Å²) < 4.78 is 6.14. The third-order valence-corrected chi connectivity index (χ3v) is 14.2. The van der Waals surface area contributed by atoms with E-state index in [1.807, 2.05) is 0 Å². The number of aliphatic hydroxyl groups excluding tert-OH is 4. The number of fused-ring (bicyclic) bond motifs is 7. The number of hydrogen-bond donors (Lipinski definition) is 4. The molecular weight excluding hydrogens is 516 g/mol. The van der Waals surface area contributed by atoms with Gasteiger partial charge in [0.25, 0.3) is 0 Å². The van der Waals surface area contributed by atoms with Crippen LogP contribution in [0.5, 0.6) is 0 Å². The van der Waals surface area contributed by atoms with Crippen LogP contribution in [0.15, 0.2) is 23.3 Å². The Hall–Kier alpha value is -1.21. The predicted octanol–water partition coefficient (Wildman–Crippen LogP) is 5.57. The SMILES string of the molecule is C/C=C(/C)C(=O)O[C@H]1CC(C)(C)C[C@H]2C3=CC[C@@H]4[C@@]5(C)CC[C@H](O)C(C)(C)[C@@H]5CC[C@@]4(C)[C@]3(C)[C@@H](O)[C@@H](O)[C@@]12CO. The Labute approximate surface area is 247 Å². The van der Waals surface area contributed by atoms with E-state index in [4.69, 9.17) is 4.74 Å². The zero-order valence-corrected chi connectivity index (χ0v) is 27.0. The van der Waals surface area contributed by atoms with Gasteiger partial charge in [0.05, 0.1) is 30.3 Å². The summed E-state index contributed by atoms with van der Waals surface area (Å²) >= 11 is 0. The molecule has 0 spiro atoms. The first-order valence-electron chi connectivity index (χ1n) is 16.1. The van der Waals surface area contributed by atoms with Crippen LogP contribution in [0, 0.1) is 50.2 Å². The first kappa shape index (κ1) is 31.2. The standard InChI is InChI=1S/C35H56O6/c1-10-20(2)29(40)41-26-18-30(3,4)17-22-21-11-12-24-32(7)15-14-25(37)31(5,6)23(32)13-16-33(24,8)34(21,9)27(38)28(39)35(22,26)19-36/h10-11,22-28,36-39H,12-19H2,1-9H3/b20-10-/t22-,23-,24+,25-,26-,27-,28+,32-,33+,34-,35+/m0/s1. The number of esters is 1. The fraction of sp³-hybridized carbons (Fsp3) is 0.857. The van der Waals surface area contributed by atoms with Gasteiger partial charge in [-0.3, -0.25) is 0 Å².